The zero-order chi connectivity index (χ0) is 22.9. The highest BCUT2D eigenvalue weighted by atomic mass is 16.5. The molecule has 4 heterocycles. The second-order valence-corrected chi connectivity index (χ2v) is 8.39. The standard InChI is InChI=1S/C25H28N6O2/c1-3-33-23-11-7-17-12-20(18-6-10-22(26)30(14-18)15-27-2)25(32)31(24(17)29-23)19-8-9-21(28-13-19)16-4-5-16/h6-12,14,16,26-28H,3-5,13,15H2,1-2H3. The van der Waals surface area contributed by atoms with Gasteiger partial charge in [-0.15, -0.1) is 0 Å². The molecule has 3 aromatic rings. The van der Waals surface area contributed by atoms with Crippen LogP contribution in [0, 0.1) is 11.3 Å². The van der Waals surface area contributed by atoms with Gasteiger partial charge >= 0.3 is 0 Å². The van der Waals surface area contributed by atoms with Gasteiger partial charge in [0.1, 0.15) is 5.49 Å². The van der Waals surface area contributed by atoms with E-state index in [0.29, 0.717) is 48.3 Å². The first-order valence-electron chi connectivity index (χ1n) is 11.3. The molecular weight excluding hydrogens is 416 g/mol. The molecule has 0 spiro atoms. The molecule has 0 radical (unpaired) electrons. The molecule has 1 fully saturated rings. The highest BCUT2D eigenvalue weighted by molar-refractivity contribution is 5.84. The lowest BCUT2D eigenvalue weighted by Crippen LogP contribution is -2.30. The van der Waals surface area contributed by atoms with Crippen LogP contribution in [0.1, 0.15) is 19.8 Å². The third-order valence-electron chi connectivity index (χ3n) is 6.01. The summed E-state index contributed by atoms with van der Waals surface area (Å²) >= 11 is 0. The largest absolute Gasteiger partial charge is 0.478 e. The topological polar surface area (TPSA) is 97.0 Å². The van der Waals surface area contributed by atoms with Crippen LogP contribution in [-0.2, 0) is 6.67 Å². The van der Waals surface area contributed by atoms with Crippen LogP contribution in [0.4, 0.5) is 0 Å². The molecule has 0 amide bonds. The van der Waals surface area contributed by atoms with Crippen molar-refractivity contribution in [3.05, 3.63) is 70.2 Å². The number of hydrogen-bond donors (Lipinski definition) is 3. The molecule has 0 saturated heterocycles. The second kappa shape index (κ2) is 8.71. The van der Waals surface area contributed by atoms with Gasteiger partial charge in [-0.05, 0) is 69.1 Å². The van der Waals surface area contributed by atoms with Gasteiger partial charge in [0, 0.05) is 40.2 Å². The molecule has 0 unspecified atom stereocenters. The van der Waals surface area contributed by atoms with Crippen LogP contribution in [0.5, 0.6) is 5.88 Å². The summed E-state index contributed by atoms with van der Waals surface area (Å²) in [6, 6.07) is 9.18. The summed E-state index contributed by atoms with van der Waals surface area (Å²) in [5, 5.41) is 15.5. The van der Waals surface area contributed by atoms with Crippen molar-refractivity contribution in [2.45, 2.75) is 26.4 Å². The van der Waals surface area contributed by atoms with Gasteiger partial charge in [0.15, 0.2) is 5.65 Å². The number of nitrogens with zero attached hydrogens (tertiary/aromatic N) is 3. The molecule has 33 heavy (non-hydrogen) atoms. The van der Waals surface area contributed by atoms with Crippen LogP contribution in [0.3, 0.4) is 0 Å². The van der Waals surface area contributed by atoms with E-state index in [4.69, 9.17) is 10.1 Å². The molecule has 5 rings (SSSR count). The fourth-order valence-corrected chi connectivity index (χ4v) is 4.20. The van der Waals surface area contributed by atoms with Gasteiger partial charge in [-0.25, -0.2) is 0 Å². The van der Waals surface area contributed by atoms with Crippen LogP contribution in [0.15, 0.2) is 59.2 Å². The quantitative estimate of drug-likeness (QED) is 0.521. The van der Waals surface area contributed by atoms with Crippen molar-refractivity contribution in [2.24, 2.45) is 5.92 Å². The van der Waals surface area contributed by atoms with Gasteiger partial charge in [-0.3, -0.25) is 14.8 Å². The Balaban J connectivity index is 1.72. The summed E-state index contributed by atoms with van der Waals surface area (Å²) in [5.41, 5.74) is 4.21. The molecule has 2 aliphatic rings. The van der Waals surface area contributed by atoms with E-state index in [1.807, 2.05) is 50.5 Å². The molecule has 0 bridgehead atoms. The van der Waals surface area contributed by atoms with Crippen LogP contribution in [0.2, 0.25) is 0 Å². The fourth-order valence-electron chi connectivity index (χ4n) is 4.20. The molecule has 8 heteroatoms. The van der Waals surface area contributed by atoms with Crippen molar-refractivity contribution in [3.63, 3.8) is 0 Å². The average Bonchev–Trinajstić information content (AvgIpc) is 3.67. The first-order chi connectivity index (χ1) is 16.1. The molecule has 1 aliphatic carbocycles. The van der Waals surface area contributed by atoms with E-state index in [1.165, 1.54) is 18.5 Å². The Labute approximate surface area is 191 Å². The minimum absolute atomic E-state index is 0.145. The van der Waals surface area contributed by atoms with Crippen LogP contribution >= 0.6 is 0 Å². The molecule has 3 aromatic heterocycles. The van der Waals surface area contributed by atoms with Crippen molar-refractivity contribution in [2.75, 3.05) is 20.2 Å². The first kappa shape index (κ1) is 21.2. The summed E-state index contributed by atoms with van der Waals surface area (Å²) in [6.07, 6.45) is 8.39. The third-order valence-corrected chi connectivity index (χ3v) is 6.01. The van der Waals surface area contributed by atoms with Crippen molar-refractivity contribution in [1.29, 1.82) is 5.41 Å². The summed E-state index contributed by atoms with van der Waals surface area (Å²) in [7, 11) is 1.83. The van der Waals surface area contributed by atoms with E-state index in [2.05, 4.69) is 21.7 Å². The number of allylic oxidation sites excluding steroid dienone is 3. The maximum atomic E-state index is 13.9. The Morgan fingerprint density at radius 3 is 2.79 bits per heavy atom. The Hall–Kier alpha value is -3.65. The van der Waals surface area contributed by atoms with Crippen LogP contribution < -0.4 is 26.4 Å². The van der Waals surface area contributed by atoms with E-state index in [-0.39, 0.29) is 5.56 Å². The average molecular weight is 445 g/mol. The SMILES string of the molecule is CCOc1ccc2cc(-c3ccc(=N)n(CNC)c3)c(=O)n(C3=CC=C(C4CC4)NC3)c2n1. The number of aromatic nitrogens is 3. The minimum atomic E-state index is -0.145. The number of dihydropyridines is 1. The highest BCUT2D eigenvalue weighted by Gasteiger charge is 2.27. The van der Waals surface area contributed by atoms with Gasteiger partial charge < -0.3 is 19.9 Å². The summed E-state index contributed by atoms with van der Waals surface area (Å²) < 4.78 is 9.08. The molecule has 1 saturated carbocycles. The first-order valence-corrected chi connectivity index (χ1v) is 11.3. The maximum absolute atomic E-state index is 13.9. The lowest BCUT2D eigenvalue weighted by molar-refractivity contribution is 0.328. The maximum Gasteiger partial charge on any atom is 0.264 e. The molecule has 1 aliphatic heterocycles. The van der Waals surface area contributed by atoms with Crippen LogP contribution in [0.25, 0.3) is 27.9 Å². The monoisotopic (exact) mass is 444 g/mol. The molecule has 0 atom stereocenters. The van der Waals surface area contributed by atoms with E-state index in [0.717, 1.165) is 16.6 Å². The fraction of sp³-hybridized carbons (Fsp3) is 0.320. The number of hydrogen-bond acceptors (Lipinski definition) is 6. The Kier molecular flexibility index (Phi) is 5.60. The Bertz CT molecular complexity index is 1390. The van der Waals surface area contributed by atoms with Gasteiger partial charge in [0.25, 0.3) is 5.56 Å². The third kappa shape index (κ3) is 4.09. The van der Waals surface area contributed by atoms with E-state index >= 15 is 0 Å². The van der Waals surface area contributed by atoms with Gasteiger partial charge in [-0.2, -0.15) is 4.98 Å². The van der Waals surface area contributed by atoms with Crippen LogP contribution in [-0.4, -0.2) is 34.3 Å². The molecule has 8 nitrogen and oxygen atoms in total. The van der Waals surface area contributed by atoms with Crippen molar-refractivity contribution in [3.8, 4) is 17.0 Å². The van der Waals surface area contributed by atoms with Crippen molar-refractivity contribution >= 4 is 16.7 Å². The van der Waals surface area contributed by atoms with E-state index < -0.39 is 0 Å². The van der Waals surface area contributed by atoms with E-state index in [9.17, 15) is 4.79 Å². The highest BCUT2D eigenvalue weighted by Crippen LogP contribution is 2.36. The number of fused-ring (bicyclic) bond motifs is 1. The predicted molar refractivity (Wildman–Crippen MR) is 129 cm³/mol. The molecule has 3 N–H and O–H groups in total. The lowest BCUT2D eigenvalue weighted by Gasteiger charge is -2.21. The van der Waals surface area contributed by atoms with Crippen molar-refractivity contribution in [1.82, 2.24) is 24.8 Å². The number of ether oxygens (including phenoxy) is 1. The molecule has 0 aromatic carbocycles. The smallest absolute Gasteiger partial charge is 0.264 e. The Morgan fingerprint density at radius 2 is 2.09 bits per heavy atom. The van der Waals surface area contributed by atoms with Crippen molar-refractivity contribution < 1.29 is 4.74 Å². The normalized spacial score (nSPS) is 15.7. The van der Waals surface area contributed by atoms with E-state index in [1.54, 1.807) is 15.2 Å². The van der Waals surface area contributed by atoms with Gasteiger partial charge in [0.05, 0.1) is 19.8 Å². The zero-order valence-corrected chi connectivity index (χ0v) is 18.9. The minimum Gasteiger partial charge on any atom is -0.478 e. The van der Waals surface area contributed by atoms with Gasteiger partial charge in [-0.1, -0.05) is 0 Å². The lowest BCUT2D eigenvalue weighted by atomic mass is 10.1. The number of rotatable bonds is 7. The summed E-state index contributed by atoms with van der Waals surface area (Å²) in [5.74, 6) is 1.12. The zero-order valence-electron chi connectivity index (χ0n) is 18.9. The second-order valence-electron chi connectivity index (χ2n) is 8.39. The molecular formula is C25H28N6O2. The number of pyridine rings is 3. The summed E-state index contributed by atoms with van der Waals surface area (Å²) in [4.78, 5) is 18.5. The summed E-state index contributed by atoms with van der Waals surface area (Å²) in [6.45, 7) is 3.46. The van der Waals surface area contributed by atoms with Gasteiger partial charge in [0.2, 0.25) is 5.88 Å². The molecule has 170 valence electrons. The number of nitrogens with one attached hydrogen (secondary N) is 3. The Morgan fingerprint density at radius 1 is 1.24 bits per heavy atom. The predicted octanol–water partition coefficient (Wildman–Crippen LogP) is 2.66.